The Balaban J connectivity index is 1.54. The van der Waals surface area contributed by atoms with E-state index in [1.54, 1.807) is 13.3 Å². The zero-order valence-corrected chi connectivity index (χ0v) is 19.2. The highest BCUT2D eigenvalue weighted by Crippen LogP contribution is 2.37. The van der Waals surface area contributed by atoms with Crippen LogP contribution >= 0.6 is 0 Å². The first-order valence-corrected chi connectivity index (χ1v) is 11.6. The van der Waals surface area contributed by atoms with Crippen LogP contribution in [0.15, 0.2) is 42.6 Å². The summed E-state index contributed by atoms with van der Waals surface area (Å²) in [6, 6.07) is 12.8. The summed E-state index contributed by atoms with van der Waals surface area (Å²) in [6.45, 7) is 2.06. The third-order valence-electron chi connectivity index (χ3n) is 6.89. The molecule has 0 radical (unpaired) electrons. The van der Waals surface area contributed by atoms with Gasteiger partial charge in [-0.1, -0.05) is 36.4 Å². The van der Waals surface area contributed by atoms with Crippen LogP contribution < -0.4 is 15.0 Å². The predicted octanol–water partition coefficient (Wildman–Crippen LogP) is 4.08. The fourth-order valence-corrected chi connectivity index (χ4v) is 5.40. The topological polar surface area (TPSA) is 72.4 Å². The summed E-state index contributed by atoms with van der Waals surface area (Å²) in [6.07, 6.45) is 3.98. The number of fused-ring (bicyclic) bond motifs is 4. The number of nitrogens with one attached hydrogen (secondary N) is 1. The molecule has 0 spiro atoms. The number of methoxy groups -OCH3 is 2. The lowest BCUT2D eigenvalue weighted by Gasteiger charge is -2.34. The molecule has 4 aromatic rings. The Bertz CT molecular complexity index is 1380. The van der Waals surface area contributed by atoms with Crippen molar-refractivity contribution in [3.63, 3.8) is 0 Å². The molecule has 7 nitrogen and oxygen atoms in total. The summed E-state index contributed by atoms with van der Waals surface area (Å²) in [7, 11) is 3.16. The van der Waals surface area contributed by atoms with Crippen LogP contribution in [0.5, 0.6) is 6.01 Å². The van der Waals surface area contributed by atoms with Gasteiger partial charge in [-0.05, 0) is 29.2 Å². The maximum absolute atomic E-state index is 16.2. The molecule has 2 atom stereocenters. The largest absolute Gasteiger partial charge is 0.467 e. The second kappa shape index (κ2) is 8.45. The van der Waals surface area contributed by atoms with Crippen molar-refractivity contribution >= 4 is 27.5 Å². The van der Waals surface area contributed by atoms with E-state index < -0.39 is 5.82 Å². The van der Waals surface area contributed by atoms with E-state index in [1.165, 1.54) is 7.11 Å². The molecule has 2 aliphatic heterocycles. The second-order valence-electron chi connectivity index (χ2n) is 9.01. The highest BCUT2D eigenvalue weighted by molar-refractivity contribution is 6.00. The molecule has 2 aliphatic rings. The maximum Gasteiger partial charge on any atom is 0.318 e. The Labute approximate surface area is 196 Å². The van der Waals surface area contributed by atoms with Gasteiger partial charge in [0, 0.05) is 44.0 Å². The summed E-state index contributed by atoms with van der Waals surface area (Å²) in [4.78, 5) is 15.8. The van der Waals surface area contributed by atoms with Crippen LogP contribution in [-0.4, -0.2) is 54.3 Å². The first-order chi connectivity index (χ1) is 16.7. The number of ether oxygens (including phenoxy) is 2. The lowest BCUT2D eigenvalue weighted by Crippen LogP contribution is -2.51. The van der Waals surface area contributed by atoms with Crippen molar-refractivity contribution in [1.29, 1.82) is 0 Å². The second-order valence-corrected chi connectivity index (χ2v) is 9.01. The lowest BCUT2D eigenvalue weighted by molar-refractivity contribution is 0.186. The molecule has 6 rings (SSSR count). The number of hydrogen-bond acceptors (Lipinski definition) is 7. The quantitative estimate of drug-likeness (QED) is 0.482. The van der Waals surface area contributed by atoms with Gasteiger partial charge in [0.25, 0.3) is 0 Å². The summed E-state index contributed by atoms with van der Waals surface area (Å²) in [5.41, 5.74) is 2.17. The van der Waals surface area contributed by atoms with Crippen molar-refractivity contribution in [3.05, 3.63) is 54.0 Å². The number of rotatable bonds is 5. The SMILES string of the molecule is COCc1cccc2cccc(-c3ncc4c(N5CC6CCC(C5)N6)nc(OC)nc4c3F)c12. The average Bonchev–Trinajstić information content (AvgIpc) is 3.21. The van der Waals surface area contributed by atoms with E-state index >= 15 is 4.39 Å². The Morgan fingerprint density at radius 3 is 2.56 bits per heavy atom. The molecule has 0 amide bonds. The van der Waals surface area contributed by atoms with Gasteiger partial charge in [-0.25, -0.2) is 4.39 Å². The van der Waals surface area contributed by atoms with E-state index in [1.807, 2.05) is 36.4 Å². The predicted molar refractivity (Wildman–Crippen MR) is 130 cm³/mol. The van der Waals surface area contributed by atoms with Crippen molar-refractivity contribution in [1.82, 2.24) is 20.3 Å². The standard InChI is InChI=1S/C26H26FN5O2/c1-33-14-16-7-3-5-15-6-4-8-19(21(15)16)23-22(27)24-20(11-28-23)25(31-26(30-24)34-2)32-12-17-9-10-18(13-32)29-17/h3-8,11,17-18,29H,9-10,12-14H2,1-2H3. The smallest absolute Gasteiger partial charge is 0.318 e. The van der Waals surface area contributed by atoms with Crippen LogP contribution in [0.3, 0.4) is 0 Å². The van der Waals surface area contributed by atoms with Crippen LogP contribution in [0.1, 0.15) is 18.4 Å². The van der Waals surface area contributed by atoms with Crippen LogP contribution in [0.25, 0.3) is 32.9 Å². The fourth-order valence-electron chi connectivity index (χ4n) is 5.40. The van der Waals surface area contributed by atoms with E-state index in [2.05, 4.69) is 25.2 Å². The molecule has 2 aromatic carbocycles. The van der Waals surface area contributed by atoms with E-state index in [4.69, 9.17) is 9.47 Å². The fraction of sp³-hybridized carbons (Fsp3) is 0.346. The molecule has 2 bridgehead atoms. The molecular formula is C26H26FN5O2. The van der Waals surface area contributed by atoms with E-state index in [-0.39, 0.29) is 17.2 Å². The maximum atomic E-state index is 16.2. The Morgan fingerprint density at radius 2 is 1.82 bits per heavy atom. The first kappa shape index (κ1) is 21.2. The molecular weight excluding hydrogens is 433 g/mol. The van der Waals surface area contributed by atoms with Crippen molar-refractivity contribution in [2.24, 2.45) is 0 Å². The number of benzene rings is 2. The van der Waals surface area contributed by atoms with Gasteiger partial charge in [0.1, 0.15) is 17.0 Å². The van der Waals surface area contributed by atoms with Crippen LogP contribution in [0.2, 0.25) is 0 Å². The molecule has 2 fully saturated rings. The first-order valence-electron chi connectivity index (χ1n) is 11.6. The van der Waals surface area contributed by atoms with Gasteiger partial charge < -0.3 is 19.7 Å². The number of hydrogen-bond donors (Lipinski definition) is 1. The number of aromatic nitrogens is 3. The molecule has 4 heterocycles. The summed E-state index contributed by atoms with van der Waals surface area (Å²) < 4.78 is 26.9. The van der Waals surface area contributed by atoms with Gasteiger partial charge in [-0.3, -0.25) is 4.98 Å². The van der Waals surface area contributed by atoms with E-state index in [0.717, 1.165) is 42.3 Å². The normalized spacial score (nSPS) is 19.8. The number of halogens is 1. The zero-order valence-electron chi connectivity index (χ0n) is 19.2. The van der Waals surface area contributed by atoms with Crippen molar-refractivity contribution in [3.8, 4) is 17.3 Å². The molecule has 8 heteroatoms. The van der Waals surface area contributed by atoms with Gasteiger partial charge in [-0.2, -0.15) is 9.97 Å². The van der Waals surface area contributed by atoms with Gasteiger partial charge >= 0.3 is 6.01 Å². The Morgan fingerprint density at radius 1 is 1.06 bits per heavy atom. The molecule has 2 saturated heterocycles. The van der Waals surface area contributed by atoms with Gasteiger partial charge in [-0.15, -0.1) is 0 Å². The number of piperazine rings is 1. The van der Waals surface area contributed by atoms with Crippen LogP contribution in [0, 0.1) is 5.82 Å². The summed E-state index contributed by atoms with van der Waals surface area (Å²) in [5, 5.41) is 6.16. The van der Waals surface area contributed by atoms with Crippen molar-refractivity contribution in [2.45, 2.75) is 31.5 Å². The van der Waals surface area contributed by atoms with Crippen molar-refractivity contribution in [2.75, 3.05) is 32.2 Å². The number of pyridine rings is 1. The highest BCUT2D eigenvalue weighted by atomic mass is 19.1. The minimum atomic E-state index is -0.475. The van der Waals surface area contributed by atoms with E-state index in [9.17, 15) is 0 Å². The minimum absolute atomic E-state index is 0.155. The Hall–Kier alpha value is -3.36. The molecule has 0 aliphatic carbocycles. The molecule has 2 unspecified atom stereocenters. The molecule has 174 valence electrons. The summed E-state index contributed by atoms with van der Waals surface area (Å²) in [5.74, 6) is 0.202. The lowest BCUT2D eigenvalue weighted by atomic mass is 9.96. The van der Waals surface area contributed by atoms with Gasteiger partial charge in [0.05, 0.1) is 19.1 Å². The van der Waals surface area contributed by atoms with Gasteiger partial charge in [0.2, 0.25) is 0 Å². The third kappa shape index (κ3) is 3.45. The monoisotopic (exact) mass is 459 g/mol. The third-order valence-corrected chi connectivity index (χ3v) is 6.89. The molecule has 1 N–H and O–H groups in total. The van der Waals surface area contributed by atoms with Crippen molar-refractivity contribution < 1.29 is 13.9 Å². The average molecular weight is 460 g/mol. The Kier molecular flexibility index (Phi) is 5.27. The molecule has 34 heavy (non-hydrogen) atoms. The summed E-state index contributed by atoms with van der Waals surface area (Å²) >= 11 is 0. The zero-order chi connectivity index (χ0) is 23.2. The van der Waals surface area contributed by atoms with Crippen LogP contribution in [0.4, 0.5) is 10.2 Å². The number of nitrogens with zero attached hydrogens (tertiary/aromatic N) is 4. The van der Waals surface area contributed by atoms with Gasteiger partial charge in [0.15, 0.2) is 5.82 Å². The minimum Gasteiger partial charge on any atom is -0.467 e. The van der Waals surface area contributed by atoms with Crippen LogP contribution in [-0.2, 0) is 11.3 Å². The molecule has 2 aromatic heterocycles. The highest BCUT2D eigenvalue weighted by Gasteiger charge is 2.34. The number of anilines is 1. The molecule has 0 saturated carbocycles. The van der Waals surface area contributed by atoms with E-state index in [0.29, 0.717) is 35.5 Å².